The number of amides is 1. The number of carbonyl (C=O) groups is 1. The topological polar surface area (TPSA) is 94.7 Å². The highest BCUT2D eigenvalue weighted by atomic mass is 16.7. The summed E-state index contributed by atoms with van der Waals surface area (Å²) in [5, 5.41) is 9.74. The van der Waals surface area contributed by atoms with E-state index in [1.807, 2.05) is 6.07 Å². The van der Waals surface area contributed by atoms with Gasteiger partial charge in [0.15, 0.2) is 11.5 Å². The zero-order valence-corrected chi connectivity index (χ0v) is 14.3. The van der Waals surface area contributed by atoms with Crippen LogP contribution in [0.3, 0.4) is 0 Å². The number of H-pyrrole nitrogens is 1. The number of nitrogens with one attached hydrogen (secondary N) is 2. The van der Waals surface area contributed by atoms with Gasteiger partial charge in [-0.05, 0) is 37.5 Å². The number of hydrogen-bond acceptors (Lipinski definition) is 6. The third-order valence-corrected chi connectivity index (χ3v) is 4.37. The minimum Gasteiger partial charge on any atom is -0.487 e. The highest BCUT2D eigenvalue weighted by molar-refractivity contribution is 5.92. The van der Waals surface area contributed by atoms with Crippen LogP contribution in [0.1, 0.15) is 35.4 Å². The average molecular weight is 359 g/mol. The normalized spacial score (nSPS) is 18.5. The van der Waals surface area contributed by atoms with Crippen molar-refractivity contribution < 1.29 is 23.7 Å². The minimum absolute atomic E-state index is 0.0976. The maximum absolute atomic E-state index is 12.2. The summed E-state index contributed by atoms with van der Waals surface area (Å²) in [4.78, 5) is 12.2. The largest absolute Gasteiger partial charge is 0.487 e. The van der Waals surface area contributed by atoms with Gasteiger partial charge in [0.1, 0.15) is 18.1 Å². The predicted octanol–water partition coefficient (Wildman–Crippen LogP) is 2.02. The molecule has 3 heterocycles. The maximum Gasteiger partial charge on any atom is 0.271 e. The highest BCUT2D eigenvalue weighted by Crippen LogP contribution is 2.35. The Hall–Kier alpha value is -2.74. The summed E-state index contributed by atoms with van der Waals surface area (Å²) in [6, 6.07) is 7.07. The fourth-order valence-electron chi connectivity index (χ4n) is 2.95. The number of aromatic nitrogens is 2. The van der Waals surface area contributed by atoms with Crippen LogP contribution in [0.2, 0.25) is 0 Å². The first kappa shape index (κ1) is 16.7. The highest BCUT2D eigenvalue weighted by Gasteiger charge is 2.17. The number of nitrogens with zero attached hydrogens (tertiary/aromatic N) is 1. The Morgan fingerprint density at radius 2 is 2.19 bits per heavy atom. The van der Waals surface area contributed by atoms with Crippen molar-refractivity contribution in [3.63, 3.8) is 0 Å². The van der Waals surface area contributed by atoms with Gasteiger partial charge in [-0.3, -0.25) is 9.89 Å². The van der Waals surface area contributed by atoms with Crippen molar-refractivity contribution in [3.05, 3.63) is 35.7 Å². The van der Waals surface area contributed by atoms with Crippen LogP contribution in [-0.4, -0.2) is 42.2 Å². The van der Waals surface area contributed by atoms with Crippen molar-refractivity contribution in [2.75, 3.05) is 19.9 Å². The summed E-state index contributed by atoms with van der Waals surface area (Å²) in [6.07, 6.45) is 3.32. The molecule has 0 unspecified atom stereocenters. The first-order chi connectivity index (χ1) is 12.8. The van der Waals surface area contributed by atoms with Gasteiger partial charge in [0, 0.05) is 19.2 Å². The molecule has 2 N–H and O–H groups in total. The van der Waals surface area contributed by atoms with E-state index in [1.54, 1.807) is 18.2 Å². The fraction of sp³-hybridized carbons (Fsp3) is 0.444. The Morgan fingerprint density at radius 3 is 3.08 bits per heavy atom. The van der Waals surface area contributed by atoms with Crippen molar-refractivity contribution in [1.82, 2.24) is 15.5 Å². The van der Waals surface area contributed by atoms with Crippen LogP contribution in [0.5, 0.6) is 17.2 Å². The minimum atomic E-state index is -0.218. The third-order valence-electron chi connectivity index (χ3n) is 4.37. The molecule has 0 radical (unpaired) electrons. The Kier molecular flexibility index (Phi) is 4.92. The Labute approximate surface area is 150 Å². The van der Waals surface area contributed by atoms with E-state index >= 15 is 0 Å². The van der Waals surface area contributed by atoms with E-state index in [4.69, 9.17) is 18.9 Å². The zero-order valence-electron chi connectivity index (χ0n) is 14.3. The standard InChI is InChI=1S/C18H21N3O5/c22-18(19-9-14-3-1-2-6-23-14)15-7-12(20-21-15)10-24-13-4-5-16-17(8-13)26-11-25-16/h4-5,7-8,14H,1-3,6,9-11H2,(H,19,22)(H,20,21)/t14-/m1/s1. The van der Waals surface area contributed by atoms with Gasteiger partial charge in [0.25, 0.3) is 5.91 Å². The molecule has 1 fully saturated rings. The Bertz CT molecular complexity index is 770. The number of ether oxygens (including phenoxy) is 4. The number of carbonyl (C=O) groups excluding carboxylic acids is 1. The second-order valence-corrected chi connectivity index (χ2v) is 6.28. The SMILES string of the molecule is O=C(NC[C@H]1CCCCO1)c1cc(COc2ccc3c(c2)OCO3)[nH]n1. The van der Waals surface area contributed by atoms with Gasteiger partial charge in [0.05, 0.1) is 11.8 Å². The molecule has 1 aromatic heterocycles. The molecule has 0 bridgehead atoms. The second kappa shape index (κ2) is 7.65. The molecule has 2 aliphatic rings. The molecule has 0 aliphatic carbocycles. The molecule has 0 saturated carbocycles. The van der Waals surface area contributed by atoms with Crippen molar-refractivity contribution in [2.45, 2.75) is 32.0 Å². The first-order valence-corrected chi connectivity index (χ1v) is 8.74. The summed E-state index contributed by atoms with van der Waals surface area (Å²) < 4.78 is 21.9. The summed E-state index contributed by atoms with van der Waals surface area (Å²) in [5.41, 5.74) is 1.05. The molecule has 8 nitrogen and oxygen atoms in total. The monoisotopic (exact) mass is 359 g/mol. The number of aromatic amines is 1. The molecule has 1 aromatic carbocycles. The summed E-state index contributed by atoms with van der Waals surface area (Å²) in [6.45, 7) is 1.77. The Balaban J connectivity index is 1.27. The second-order valence-electron chi connectivity index (χ2n) is 6.28. The van der Waals surface area contributed by atoms with Gasteiger partial charge in [-0.1, -0.05) is 0 Å². The van der Waals surface area contributed by atoms with E-state index in [-0.39, 0.29) is 25.4 Å². The number of fused-ring (bicyclic) bond motifs is 1. The smallest absolute Gasteiger partial charge is 0.271 e. The van der Waals surface area contributed by atoms with Gasteiger partial charge in [-0.15, -0.1) is 0 Å². The van der Waals surface area contributed by atoms with E-state index in [0.717, 1.165) is 25.9 Å². The molecule has 1 saturated heterocycles. The lowest BCUT2D eigenvalue weighted by Crippen LogP contribution is -2.35. The lowest BCUT2D eigenvalue weighted by Gasteiger charge is -2.22. The molecule has 26 heavy (non-hydrogen) atoms. The van der Waals surface area contributed by atoms with Gasteiger partial charge in [0.2, 0.25) is 6.79 Å². The molecule has 2 aromatic rings. The number of benzene rings is 1. The van der Waals surface area contributed by atoms with E-state index in [1.165, 1.54) is 0 Å². The molecule has 1 atom stereocenters. The molecule has 8 heteroatoms. The molecule has 4 rings (SSSR count). The van der Waals surface area contributed by atoms with Crippen LogP contribution >= 0.6 is 0 Å². The number of rotatable bonds is 6. The van der Waals surface area contributed by atoms with Gasteiger partial charge in [-0.25, -0.2) is 0 Å². The quantitative estimate of drug-likeness (QED) is 0.819. The van der Waals surface area contributed by atoms with Crippen LogP contribution in [-0.2, 0) is 11.3 Å². The molecule has 1 amide bonds. The molecular weight excluding hydrogens is 338 g/mol. The fourth-order valence-corrected chi connectivity index (χ4v) is 2.95. The average Bonchev–Trinajstić information content (AvgIpc) is 3.34. The van der Waals surface area contributed by atoms with Crippen molar-refractivity contribution in [1.29, 1.82) is 0 Å². The molecule has 0 spiro atoms. The molecule has 138 valence electrons. The van der Waals surface area contributed by atoms with E-state index in [9.17, 15) is 4.79 Å². The van der Waals surface area contributed by atoms with Gasteiger partial charge < -0.3 is 24.3 Å². The third kappa shape index (κ3) is 3.91. The van der Waals surface area contributed by atoms with E-state index < -0.39 is 0 Å². The lowest BCUT2D eigenvalue weighted by molar-refractivity contribution is 0.0168. The van der Waals surface area contributed by atoms with Crippen molar-refractivity contribution in [3.8, 4) is 17.2 Å². The van der Waals surface area contributed by atoms with Crippen LogP contribution in [0.25, 0.3) is 0 Å². The zero-order chi connectivity index (χ0) is 17.8. The van der Waals surface area contributed by atoms with Gasteiger partial charge in [-0.2, -0.15) is 5.10 Å². The summed E-state index contributed by atoms with van der Waals surface area (Å²) >= 11 is 0. The van der Waals surface area contributed by atoms with E-state index in [0.29, 0.717) is 35.2 Å². The Morgan fingerprint density at radius 1 is 1.27 bits per heavy atom. The van der Waals surface area contributed by atoms with Crippen LogP contribution in [0.4, 0.5) is 0 Å². The van der Waals surface area contributed by atoms with Crippen molar-refractivity contribution >= 4 is 5.91 Å². The first-order valence-electron chi connectivity index (χ1n) is 8.74. The van der Waals surface area contributed by atoms with Crippen molar-refractivity contribution in [2.24, 2.45) is 0 Å². The van der Waals surface area contributed by atoms with Crippen LogP contribution < -0.4 is 19.5 Å². The summed E-state index contributed by atoms with van der Waals surface area (Å²) in [5.74, 6) is 1.81. The lowest BCUT2D eigenvalue weighted by atomic mass is 10.1. The predicted molar refractivity (Wildman–Crippen MR) is 91.4 cm³/mol. The van der Waals surface area contributed by atoms with Crippen LogP contribution in [0.15, 0.2) is 24.3 Å². The van der Waals surface area contributed by atoms with E-state index in [2.05, 4.69) is 15.5 Å². The van der Waals surface area contributed by atoms with Crippen LogP contribution in [0, 0.1) is 0 Å². The molecular formula is C18H21N3O5. The molecule has 2 aliphatic heterocycles. The number of hydrogen-bond donors (Lipinski definition) is 2. The van der Waals surface area contributed by atoms with Gasteiger partial charge >= 0.3 is 0 Å². The maximum atomic E-state index is 12.2. The summed E-state index contributed by atoms with van der Waals surface area (Å²) in [7, 11) is 0.